The SMILES string of the molecule is CC[N+]1(C2CCOCC2)N=CC=C1c1nnc(C2CCOCC2)o1. The Morgan fingerprint density at radius 1 is 1.04 bits per heavy atom. The largest absolute Gasteiger partial charge is 0.416 e. The zero-order chi connectivity index (χ0) is 16.4. The highest BCUT2D eigenvalue weighted by molar-refractivity contribution is 5.82. The minimum atomic E-state index is 0.314. The molecule has 0 saturated carbocycles. The molecule has 1 atom stereocenters. The van der Waals surface area contributed by atoms with Gasteiger partial charge in [-0.2, -0.15) is 4.59 Å². The van der Waals surface area contributed by atoms with Crippen LogP contribution in [0.3, 0.4) is 0 Å². The van der Waals surface area contributed by atoms with Gasteiger partial charge in [0.2, 0.25) is 11.6 Å². The molecule has 0 bridgehead atoms. The second-order valence-electron chi connectivity index (χ2n) is 6.63. The van der Waals surface area contributed by atoms with Crippen molar-refractivity contribution in [2.24, 2.45) is 5.10 Å². The molecule has 1 aromatic rings. The van der Waals surface area contributed by atoms with E-state index in [-0.39, 0.29) is 0 Å². The summed E-state index contributed by atoms with van der Waals surface area (Å²) in [6.07, 6.45) is 7.82. The van der Waals surface area contributed by atoms with Crippen molar-refractivity contribution in [3.63, 3.8) is 0 Å². The van der Waals surface area contributed by atoms with Gasteiger partial charge in [0, 0.05) is 38.0 Å². The molecule has 0 amide bonds. The Bertz CT molecular complexity index is 630. The van der Waals surface area contributed by atoms with Gasteiger partial charge in [0.15, 0.2) is 0 Å². The van der Waals surface area contributed by atoms with Gasteiger partial charge in [-0.05, 0) is 19.8 Å². The Morgan fingerprint density at radius 2 is 1.75 bits per heavy atom. The van der Waals surface area contributed by atoms with Crippen molar-refractivity contribution < 1.29 is 18.5 Å². The first-order valence-corrected chi connectivity index (χ1v) is 8.97. The van der Waals surface area contributed by atoms with E-state index in [1.165, 1.54) is 0 Å². The van der Waals surface area contributed by atoms with E-state index in [0.717, 1.165) is 70.2 Å². The summed E-state index contributed by atoms with van der Waals surface area (Å²) >= 11 is 0. The van der Waals surface area contributed by atoms with E-state index in [1.54, 1.807) is 0 Å². The lowest BCUT2D eigenvalue weighted by molar-refractivity contribution is -0.890. The van der Waals surface area contributed by atoms with Gasteiger partial charge in [-0.25, -0.2) is 0 Å². The Labute approximate surface area is 141 Å². The summed E-state index contributed by atoms with van der Waals surface area (Å²) in [7, 11) is 0. The van der Waals surface area contributed by atoms with E-state index in [4.69, 9.17) is 19.0 Å². The lowest BCUT2D eigenvalue weighted by Crippen LogP contribution is -2.50. The monoisotopic (exact) mass is 333 g/mol. The Kier molecular flexibility index (Phi) is 4.47. The zero-order valence-electron chi connectivity index (χ0n) is 14.2. The Morgan fingerprint density at radius 3 is 2.46 bits per heavy atom. The molecule has 130 valence electrons. The molecule has 3 aliphatic heterocycles. The average Bonchev–Trinajstić information content (AvgIpc) is 3.30. The molecule has 2 fully saturated rings. The lowest BCUT2D eigenvalue weighted by Gasteiger charge is -2.38. The van der Waals surface area contributed by atoms with E-state index in [1.807, 2.05) is 12.3 Å². The van der Waals surface area contributed by atoms with Crippen molar-refractivity contribution in [3.05, 3.63) is 17.9 Å². The molecule has 1 unspecified atom stereocenters. The van der Waals surface area contributed by atoms with Crippen LogP contribution in [0.5, 0.6) is 0 Å². The van der Waals surface area contributed by atoms with Crippen molar-refractivity contribution in [1.82, 2.24) is 10.2 Å². The molecule has 4 rings (SSSR count). The number of rotatable bonds is 4. The fourth-order valence-electron chi connectivity index (χ4n) is 4.01. The van der Waals surface area contributed by atoms with Crippen LogP contribution in [-0.2, 0) is 9.47 Å². The average molecular weight is 333 g/mol. The molecule has 0 aliphatic carbocycles. The van der Waals surface area contributed by atoms with Crippen molar-refractivity contribution in [3.8, 4) is 0 Å². The summed E-state index contributed by atoms with van der Waals surface area (Å²) in [5, 5.41) is 13.5. The number of quaternary nitrogens is 1. The predicted octanol–water partition coefficient (Wildman–Crippen LogP) is 2.32. The molecule has 0 N–H and O–H groups in total. The number of hydrogen-bond acceptors (Lipinski definition) is 6. The summed E-state index contributed by atoms with van der Waals surface area (Å²) in [4.78, 5) is 0. The minimum absolute atomic E-state index is 0.314. The first kappa shape index (κ1) is 15.9. The van der Waals surface area contributed by atoms with Crippen molar-refractivity contribution >= 4 is 11.9 Å². The second-order valence-corrected chi connectivity index (χ2v) is 6.63. The number of aromatic nitrogens is 2. The maximum Gasteiger partial charge on any atom is 0.305 e. The fraction of sp³-hybridized carbons (Fsp3) is 0.706. The van der Waals surface area contributed by atoms with Crippen LogP contribution in [-0.4, -0.2) is 60.0 Å². The van der Waals surface area contributed by atoms with Crippen LogP contribution < -0.4 is 0 Å². The summed E-state index contributed by atoms with van der Waals surface area (Å²) in [6, 6.07) is 0.409. The van der Waals surface area contributed by atoms with Crippen LogP contribution >= 0.6 is 0 Å². The highest BCUT2D eigenvalue weighted by Crippen LogP contribution is 2.38. The van der Waals surface area contributed by atoms with Gasteiger partial charge >= 0.3 is 5.89 Å². The van der Waals surface area contributed by atoms with Gasteiger partial charge in [0.25, 0.3) is 0 Å². The molecule has 0 aromatic carbocycles. The Hall–Kier alpha value is -1.57. The standard InChI is InChI=1S/C17H25N4O3/c1-2-21(14-6-11-23-12-7-14)15(3-8-18-21)17-20-19-16(24-17)13-4-9-22-10-5-13/h3,8,13-14H,2,4-7,9-12H2,1H3/q+1. The van der Waals surface area contributed by atoms with Crippen LogP contribution in [0.4, 0.5) is 0 Å². The third-order valence-electron chi connectivity index (χ3n) is 5.43. The van der Waals surface area contributed by atoms with Crippen molar-refractivity contribution in [2.45, 2.75) is 44.6 Å². The molecule has 4 heterocycles. The third-order valence-corrected chi connectivity index (χ3v) is 5.43. The van der Waals surface area contributed by atoms with Gasteiger partial charge in [0.1, 0.15) is 12.6 Å². The van der Waals surface area contributed by atoms with Crippen molar-refractivity contribution in [2.75, 3.05) is 33.0 Å². The van der Waals surface area contributed by atoms with Gasteiger partial charge < -0.3 is 13.9 Å². The summed E-state index contributed by atoms with van der Waals surface area (Å²) in [5.41, 5.74) is 1.02. The maximum absolute atomic E-state index is 6.08. The van der Waals surface area contributed by atoms with Crippen LogP contribution in [0.2, 0.25) is 0 Å². The van der Waals surface area contributed by atoms with Gasteiger partial charge in [-0.15, -0.1) is 10.2 Å². The zero-order valence-corrected chi connectivity index (χ0v) is 14.2. The molecule has 24 heavy (non-hydrogen) atoms. The molecular weight excluding hydrogens is 308 g/mol. The van der Waals surface area contributed by atoms with Gasteiger partial charge in [-0.1, -0.05) is 5.10 Å². The van der Waals surface area contributed by atoms with E-state index in [2.05, 4.69) is 17.1 Å². The molecule has 3 aliphatic rings. The summed E-state index contributed by atoms with van der Waals surface area (Å²) in [6.45, 7) is 6.18. The third kappa shape index (κ3) is 2.70. The number of allylic oxidation sites excluding steroid dienone is 1. The number of hydrogen-bond donors (Lipinski definition) is 0. The van der Waals surface area contributed by atoms with E-state index in [9.17, 15) is 0 Å². The molecule has 7 nitrogen and oxygen atoms in total. The fourth-order valence-corrected chi connectivity index (χ4v) is 4.01. The van der Waals surface area contributed by atoms with Crippen LogP contribution in [0.25, 0.3) is 5.70 Å². The highest BCUT2D eigenvalue weighted by atomic mass is 16.5. The van der Waals surface area contributed by atoms with Crippen LogP contribution in [0.15, 0.2) is 15.6 Å². The maximum atomic E-state index is 6.08. The smallest absolute Gasteiger partial charge is 0.305 e. The van der Waals surface area contributed by atoms with Gasteiger partial charge in [0.05, 0.1) is 19.4 Å². The summed E-state index contributed by atoms with van der Waals surface area (Å²) in [5.74, 6) is 1.67. The van der Waals surface area contributed by atoms with Crippen LogP contribution in [0, 0.1) is 0 Å². The highest BCUT2D eigenvalue weighted by Gasteiger charge is 2.46. The first-order chi connectivity index (χ1) is 11.8. The predicted molar refractivity (Wildman–Crippen MR) is 88.2 cm³/mol. The molecule has 0 radical (unpaired) electrons. The Balaban J connectivity index is 1.59. The summed E-state index contributed by atoms with van der Waals surface area (Å²) < 4.78 is 17.6. The first-order valence-electron chi connectivity index (χ1n) is 8.97. The molecule has 7 heteroatoms. The molecular formula is C17H25N4O3+. The molecule has 1 aromatic heterocycles. The molecule has 0 spiro atoms. The van der Waals surface area contributed by atoms with Crippen LogP contribution in [0.1, 0.15) is 50.3 Å². The normalized spacial score (nSPS) is 29.1. The molecule has 2 saturated heterocycles. The van der Waals surface area contributed by atoms with Crippen molar-refractivity contribution in [1.29, 1.82) is 0 Å². The van der Waals surface area contributed by atoms with E-state index >= 15 is 0 Å². The minimum Gasteiger partial charge on any atom is -0.416 e. The number of ether oxygens (including phenoxy) is 2. The van der Waals surface area contributed by atoms with E-state index < -0.39 is 0 Å². The quantitative estimate of drug-likeness (QED) is 0.791. The number of nitrogens with zero attached hydrogens (tertiary/aromatic N) is 4. The van der Waals surface area contributed by atoms with Gasteiger partial charge in [-0.3, -0.25) is 0 Å². The lowest BCUT2D eigenvalue weighted by atomic mass is 10.0. The van der Waals surface area contributed by atoms with E-state index in [0.29, 0.717) is 22.4 Å². The second kappa shape index (κ2) is 6.74. The topological polar surface area (TPSA) is 69.7 Å².